The second-order valence-corrected chi connectivity index (χ2v) is 4.44. The highest BCUT2D eigenvalue weighted by Crippen LogP contribution is 2.36. The standard InChI is InChI=1S/C15H12O3/c16-14(15(17)18)10-5-6-13-11(8-10)7-9-3-1-2-4-12(9)13/h1-6,8,15,17-18H,7H2. The number of aliphatic hydroxyl groups excluding tert-OH is 1. The Hall–Kier alpha value is -1.97. The zero-order chi connectivity index (χ0) is 12.7. The summed E-state index contributed by atoms with van der Waals surface area (Å²) in [5, 5.41) is 17.8. The fourth-order valence-electron chi connectivity index (χ4n) is 2.45. The first-order valence-electron chi connectivity index (χ1n) is 5.78. The second-order valence-electron chi connectivity index (χ2n) is 4.44. The van der Waals surface area contributed by atoms with Gasteiger partial charge in [-0.05, 0) is 34.7 Å². The summed E-state index contributed by atoms with van der Waals surface area (Å²) in [6.45, 7) is 0. The monoisotopic (exact) mass is 240 g/mol. The molecule has 0 heterocycles. The minimum absolute atomic E-state index is 0.344. The van der Waals surface area contributed by atoms with E-state index < -0.39 is 12.1 Å². The third kappa shape index (κ3) is 1.65. The third-order valence-electron chi connectivity index (χ3n) is 3.31. The number of Topliss-reactive ketones (excluding diaryl/α,β-unsaturated/α-hetero) is 1. The average Bonchev–Trinajstić information content (AvgIpc) is 2.75. The fourth-order valence-corrected chi connectivity index (χ4v) is 2.45. The van der Waals surface area contributed by atoms with Crippen molar-refractivity contribution in [3.8, 4) is 11.1 Å². The Balaban J connectivity index is 2.06. The molecule has 0 unspecified atom stereocenters. The van der Waals surface area contributed by atoms with Crippen LogP contribution in [0.5, 0.6) is 0 Å². The van der Waals surface area contributed by atoms with Crippen LogP contribution in [-0.2, 0) is 6.42 Å². The van der Waals surface area contributed by atoms with E-state index in [1.807, 2.05) is 18.2 Å². The molecule has 90 valence electrons. The lowest BCUT2D eigenvalue weighted by molar-refractivity contribution is -0.0195. The van der Waals surface area contributed by atoms with E-state index in [0.29, 0.717) is 5.56 Å². The summed E-state index contributed by atoms with van der Waals surface area (Å²) in [5.41, 5.74) is 4.95. The zero-order valence-electron chi connectivity index (χ0n) is 9.63. The van der Waals surface area contributed by atoms with Gasteiger partial charge in [-0.2, -0.15) is 0 Å². The number of fused-ring (bicyclic) bond motifs is 3. The van der Waals surface area contributed by atoms with Gasteiger partial charge in [0.15, 0.2) is 0 Å². The van der Waals surface area contributed by atoms with Gasteiger partial charge >= 0.3 is 0 Å². The van der Waals surface area contributed by atoms with Gasteiger partial charge in [-0.15, -0.1) is 0 Å². The van der Waals surface area contributed by atoms with E-state index in [2.05, 4.69) is 12.1 Å². The van der Waals surface area contributed by atoms with E-state index in [1.165, 1.54) is 11.1 Å². The third-order valence-corrected chi connectivity index (χ3v) is 3.31. The molecule has 0 saturated carbocycles. The molecule has 0 radical (unpaired) electrons. The summed E-state index contributed by atoms with van der Waals surface area (Å²) >= 11 is 0. The Morgan fingerprint density at radius 1 is 1.00 bits per heavy atom. The maximum absolute atomic E-state index is 11.5. The molecule has 2 aromatic carbocycles. The van der Waals surface area contributed by atoms with E-state index in [-0.39, 0.29) is 0 Å². The number of aliphatic hydroxyl groups is 2. The topological polar surface area (TPSA) is 57.5 Å². The normalized spacial score (nSPS) is 12.4. The second kappa shape index (κ2) is 4.05. The van der Waals surface area contributed by atoms with E-state index in [0.717, 1.165) is 17.5 Å². The summed E-state index contributed by atoms with van der Waals surface area (Å²) in [5.74, 6) is -0.659. The molecular formula is C15H12O3. The smallest absolute Gasteiger partial charge is 0.218 e. The summed E-state index contributed by atoms with van der Waals surface area (Å²) in [4.78, 5) is 11.5. The molecule has 2 N–H and O–H groups in total. The molecule has 18 heavy (non-hydrogen) atoms. The van der Waals surface area contributed by atoms with Gasteiger partial charge in [-0.25, -0.2) is 0 Å². The highest BCUT2D eigenvalue weighted by atomic mass is 16.5. The number of carbonyl (C=O) groups is 1. The van der Waals surface area contributed by atoms with Gasteiger partial charge < -0.3 is 10.2 Å². The van der Waals surface area contributed by atoms with Crippen LogP contribution in [0.4, 0.5) is 0 Å². The molecule has 0 bridgehead atoms. The van der Waals surface area contributed by atoms with Crippen molar-refractivity contribution >= 4 is 5.78 Å². The zero-order valence-corrected chi connectivity index (χ0v) is 9.63. The predicted molar refractivity (Wildman–Crippen MR) is 67.2 cm³/mol. The Kier molecular flexibility index (Phi) is 2.51. The molecule has 3 heteroatoms. The van der Waals surface area contributed by atoms with Crippen LogP contribution in [0.25, 0.3) is 11.1 Å². The van der Waals surface area contributed by atoms with Gasteiger partial charge in [0.2, 0.25) is 12.1 Å². The minimum Gasteiger partial charge on any atom is -0.362 e. The van der Waals surface area contributed by atoms with Crippen LogP contribution in [0.1, 0.15) is 21.5 Å². The Morgan fingerprint density at radius 3 is 2.50 bits per heavy atom. The average molecular weight is 240 g/mol. The molecule has 3 rings (SSSR count). The summed E-state index contributed by atoms with van der Waals surface area (Å²) in [7, 11) is 0. The molecule has 0 saturated heterocycles. The van der Waals surface area contributed by atoms with E-state index in [1.54, 1.807) is 12.1 Å². The Labute approximate surface area is 104 Å². The van der Waals surface area contributed by atoms with Gasteiger partial charge in [0.05, 0.1) is 0 Å². The number of carbonyl (C=O) groups excluding carboxylic acids is 1. The highest BCUT2D eigenvalue weighted by molar-refractivity contribution is 5.99. The van der Waals surface area contributed by atoms with Crippen LogP contribution in [0, 0.1) is 0 Å². The first kappa shape index (κ1) is 11.1. The van der Waals surface area contributed by atoms with Crippen LogP contribution >= 0.6 is 0 Å². The fraction of sp³-hybridized carbons (Fsp3) is 0.133. The summed E-state index contributed by atoms with van der Waals surface area (Å²) in [6, 6.07) is 13.4. The number of rotatable bonds is 2. The predicted octanol–water partition coefficient (Wildman–Crippen LogP) is 1.75. The van der Waals surface area contributed by atoms with Crippen LogP contribution in [0.3, 0.4) is 0 Å². The van der Waals surface area contributed by atoms with Crippen molar-refractivity contribution in [3.63, 3.8) is 0 Å². The molecule has 0 aromatic heterocycles. The Bertz CT molecular complexity index is 629. The molecule has 0 aliphatic heterocycles. The van der Waals surface area contributed by atoms with E-state index >= 15 is 0 Å². The molecule has 0 fully saturated rings. The number of benzene rings is 2. The summed E-state index contributed by atoms with van der Waals surface area (Å²) < 4.78 is 0. The molecule has 3 nitrogen and oxygen atoms in total. The van der Waals surface area contributed by atoms with Crippen LogP contribution in [0.2, 0.25) is 0 Å². The largest absolute Gasteiger partial charge is 0.362 e. The van der Waals surface area contributed by atoms with Crippen molar-refractivity contribution in [2.45, 2.75) is 12.7 Å². The lowest BCUT2D eigenvalue weighted by Gasteiger charge is -2.05. The molecule has 0 spiro atoms. The number of hydrogen-bond acceptors (Lipinski definition) is 3. The van der Waals surface area contributed by atoms with Gasteiger partial charge in [-0.1, -0.05) is 36.4 Å². The number of hydrogen-bond donors (Lipinski definition) is 2. The van der Waals surface area contributed by atoms with Gasteiger partial charge in [0.25, 0.3) is 0 Å². The lowest BCUT2D eigenvalue weighted by Crippen LogP contribution is -2.19. The highest BCUT2D eigenvalue weighted by Gasteiger charge is 2.21. The van der Waals surface area contributed by atoms with Gasteiger partial charge in [0.1, 0.15) is 0 Å². The van der Waals surface area contributed by atoms with Gasteiger partial charge in [-0.3, -0.25) is 4.79 Å². The van der Waals surface area contributed by atoms with Crippen LogP contribution in [0.15, 0.2) is 42.5 Å². The van der Waals surface area contributed by atoms with Crippen LogP contribution in [-0.4, -0.2) is 22.3 Å². The van der Waals surface area contributed by atoms with Crippen molar-refractivity contribution in [3.05, 3.63) is 59.2 Å². The van der Waals surface area contributed by atoms with Crippen molar-refractivity contribution in [1.82, 2.24) is 0 Å². The first-order chi connectivity index (χ1) is 8.66. The van der Waals surface area contributed by atoms with E-state index in [4.69, 9.17) is 10.2 Å². The first-order valence-corrected chi connectivity index (χ1v) is 5.78. The lowest BCUT2D eigenvalue weighted by atomic mass is 10.0. The van der Waals surface area contributed by atoms with Crippen LogP contribution < -0.4 is 0 Å². The SMILES string of the molecule is O=C(c1ccc2c(c1)Cc1ccccc1-2)C(O)O. The maximum atomic E-state index is 11.5. The van der Waals surface area contributed by atoms with Gasteiger partial charge in [0, 0.05) is 5.56 Å². The quantitative estimate of drug-likeness (QED) is 0.530. The maximum Gasteiger partial charge on any atom is 0.218 e. The van der Waals surface area contributed by atoms with Crippen molar-refractivity contribution in [2.24, 2.45) is 0 Å². The molecule has 2 aromatic rings. The van der Waals surface area contributed by atoms with Crippen molar-refractivity contribution in [2.75, 3.05) is 0 Å². The molecule has 0 amide bonds. The molecule has 1 aliphatic carbocycles. The summed E-state index contributed by atoms with van der Waals surface area (Å²) in [6.07, 6.45) is -1.15. The van der Waals surface area contributed by atoms with Crippen molar-refractivity contribution < 1.29 is 15.0 Å². The van der Waals surface area contributed by atoms with Crippen molar-refractivity contribution in [1.29, 1.82) is 0 Å². The molecular weight excluding hydrogens is 228 g/mol. The molecule has 1 aliphatic rings. The number of ketones is 1. The molecule has 0 atom stereocenters. The minimum atomic E-state index is -1.94. The van der Waals surface area contributed by atoms with E-state index in [9.17, 15) is 4.79 Å². The Morgan fingerprint density at radius 2 is 1.72 bits per heavy atom.